The van der Waals surface area contributed by atoms with Crippen molar-refractivity contribution >= 4 is 29.0 Å². The van der Waals surface area contributed by atoms with Crippen LogP contribution in [0.5, 0.6) is 0 Å². The highest BCUT2D eigenvalue weighted by atomic mass is 32.2. The van der Waals surface area contributed by atoms with Crippen molar-refractivity contribution in [3.05, 3.63) is 52.5 Å². The average Bonchev–Trinajstić information content (AvgIpc) is 3.25. The number of hydrogen-bond donors (Lipinski definition) is 1. The molecule has 0 unspecified atom stereocenters. The molecule has 0 saturated heterocycles. The molecule has 3 rings (SSSR count). The predicted molar refractivity (Wildman–Crippen MR) is 84.4 cm³/mol. The van der Waals surface area contributed by atoms with E-state index in [9.17, 15) is 19.3 Å². The first-order valence-electron chi connectivity index (χ1n) is 6.77. The van der Waals surface area contributed by atoms with E-state index in [0.717, 1.165) is 23.9 Å². The van der Waals surface area contributed by atoms with Crippen LogP contribution in [-0.2, 0) is 4.79 Å². The van der Waals surface area contributed by atoms with E-state index in [1.54, 1.807) is 12.1 Å². The molecule has 1 amide bonds. The largest absolute Gasteiger partial charge is 0.459 e. The molecular formula is C14H9FN4O5S. The van der Waals surface area contributed by atoms with Gasteiger partial charge in [0.2, 0.25) is 11.7 Å². The molecule has 0 atom stereocenters. The minimum Gasteiger partial charge on any atom is -0.459 e. The number of benzene rings is 1. The number of halogens is 1. The van der Waals surface area contributed by atoms with Crippen molar-refractivity contribution in [1.82, 2.24) is 10.2 Å². The van der Waals surface area contributed by atoms with Crippen molar-refractivity contribution in [2.45, 2.75) is 5.22 Å². The summed E-state index contributed by atoms with van der Waals surface area (Å²) in [5.41, 5.74) is -0.606. The van der Waals surface area contributed by atoms with Gasteiger partial charge in [-0.25, -0.2) is 0 Å². The van der Waals surface area contributed by atoms with E-state index in [1.165, 1.54) is 12.3 Å². The van der Waals surface area contributed by atoms with E-state index in [0.29, 0.717) is 5.76 Å². The number of rotatable bonds is 6. The first-order chi connectivity index (χ1) is 12.0. The maximum Gasteiger partial charge on any atom is 0.306 e. The van der Waals surface area contributed by atoms with Crippen LogP contribution in [0.3, 0.4) is 0 Å². The number of carbonyl (C=O) groups is 1. The third-order valence-electron chi connectivity index (χ3n) is 2.89. The predicted octanol–water partition coefficient (Wildman–Crippen LogP) is 3.11. The minimum atomic E-state index is -0.978. The third kappa shape index (κ3) is 4.01. The summed E-state index contributed by atoms with van der Waals surface area (Å²) in [6, 6.07) is 6.40. The number of aromatic nitrogens is 2. The summed E-state index contributed by atoms with van der Waals surface area (Å²) in [4.78, 5) is 21.7. The number of nitrogens with one attached hydrogen (secondary N) is 1. The van der Waals surface area contributed by atoms with Crippen LogP contribution < -0.4 is 5.32 Å². The molecule has 3 aromatic rings. The van der Waals surface area contributed by atoms with E-state index in [1.807, 2.05) is 0 Å². The topological polar surface area (TPSA) is 124 Å². The molecule has 25 heavy (non-hydrogen) atoms. The first kappa shape index (κ1) is 16.6. The van der Waals surface area contributed by atoms with Crippen LogP contribution in [0.25, 0.3) is 11.7 Å². The van der Waals surface area contributed by atoms with Gasteiger partial charge >= 0.3 is 5.69 Å². The summed E-state index contributed by atoms with van der Waals surface area (Å²) in [7, 11) is 0. The molecule has 0 aliphatic rings. The number of thioether (sulfide) groups is 1. The Balaban J connectivity index is 1.58. The van der Waals surface area contributed by atoms with Crippen LogP contribution >= 0.6 is 11.8 Å². The Labute approximate surface area is 143 Å². The van der Waals surface area contributed by atoms with Crippen molar-refractivity contribution in [3.63, 3.8) is 0 Å². The van der Waals surface area contributed by atoms with Gasteiger partial charge in [0.25, 0.3) is 11.1 Å². The Bertz CT molecular complexity index is 912. The lowest BCUT2D eigenvalue weighted by Gasteiger charge is -2.04. The van der Waals surface area contributed by atoms with Gasteiger partial charge in [-0.05, 0) is 24.3 Å². The quantitative estimate of drug-likeness (QED) is 0.402. The fourth-order valence-corrected chi connectivity index (χ4v) is 2.39. The van der Waals surface area contributed by atoms with Crippen molar-refractivity contribution in [1.29, 1.82) is 0 Å². The smallest absolute Gasteiger partial charge is 0.306 e. The maximum absolute atomic E-state index is 13.3. The summed E-state index contributed by atoms with van der Waals surface area (Å²) in [6.07, 6.45) is 1.46. The monoisotopic (exact) mass is 364 g/mol. The van der Waals surface area contributed by atoms with Gasteiger partial charge in [0.1, 0.15) is 0 Å². The van der Waals surface area contributed by atoms with Gasteiger partial charge in [0.15, 0.2) is 5.76 Å². The molecule has 1 N–H and O–H groups in total. The Morgan fingerprint density at radius 2 is 2.20 bits per heavy atom. The SMILES string of the molecule is O=C(CSc1nnc(-c2ccco2)o1)Nc1ccc(F)c([N+](=O)[O-])c1. The van der Waals surface area contributed by atoms with Crippen LogP contribution in [0.4, 0.5) is 15.8 Å². The van der Waals surface area contributed by atoms with Crippen molar-refractivity contribution in [2.24, 2.45) is 0 Å². The molecule has 0 radical (unpaired) electrons. The molecule has 0 bridgehead atoms. The molecule has 0 spiro atoms. The molecule has 0 aliphatic heterocycles. The number of carbonyl (C=O) groups excluding carboxylic acids is 1. The maximum atomic E-state index is 13.3. The second kappa shape index (κ2) is 7.13. The Hall–Kier alpha value is -3.21. The zero-order valence-corrected chi connectivity index (χ0v) is 13.2. The number of nitrogens with zero attached hydrogens (tertiary/aromatic N) is 3. The van der Waals surface area contributed by atoms with Gasteiger partial charge in [-0.3, -0.25) is 14.9 Å². The molecule has 2 heterocycles. The minimum absolute atomic E-state index is 0.0784. The lowest BCUT2D eigenvalue weighted by Crippen LogP contribution is -2.14. The van der Waals surface area contributed by atoms with Gasteiger partial charge < -0.3 is 14.2 Å². The fourth-order valence-electron chi connectivity index (χ4n) is 1.82. The Kier molecular flexibility index (Phi) is 4.75. The van der Waals surface area contributed by atoms with Crippen LogP contribution in [0.15, 0.2) is 50.7 Å². The highest BCUT2D eigenvalue weighted by molar-refractivity contribution is 7.99. The van der Waals surface area contributed by atoms with Gasteiger partial charge in [-0.15, -0.1) is 10.2 Å². The van der Waals surface area contributed by atoms with Gasteiger partial charge in [0, 0.05) is 11.8 Å². The highest BCUT2D eigenvalue weighted by Crippen LogP contribution is 2.24. The average molecular weight is 364 g/mol. The van der Waals surface area contributed by atoms with Crippen LogP contribution in [0.2, 0.25) is 0 Å². The Morgan fingerprint density at radius 1 is 1.36 bits per heavy atom. The molecule has 2 aromatic heterocycles. The number of amides is 1. The molecule has 0 saturated carbocycles. The molecular weight excluding hydrogens is 355 g/mol. The molecule has 9 nitrogen and oxygen atoms in total. The first-order valence-corrected chi connectivity index (χ1v) is 7.75. The standard InChI is InChI=1S/C14H9FN4O5S/c15-9-4-3-8(6-10(9)19(21)22)16-12(20)7-25-14-18-17-13(24-14)11-2-1-5-23-11/h1-6H,7H2,(H,16,20). The summed E-state index contributed by atoms with van der Waals surface area (Å²) in [6.45, 7) is 0. The lowest BCUT2D eigenvalue weighted by molar-refractivity contribution is -0.387. The second-order valence-electron chi connectivity index (χ2n) is 4.61. The number of anilines is 1. The number of nitro benzene ring substituents is 1. The molecule has 128 valence electrons. The fraction of sp³-hybridized carbons (Fsp3) is 0.0714. The van der Waals surface area contributed by atoms with Crippen molar-refractivity contribution in [2.75, 3.05) is 11.1 Å². The summed E-state index contributed by atoms with van der Waals surface area (Å²) < 4.78 is 23.7. The zero-order valence-electron chi connectivity index (χ0n) is 12.3. The van der Waals surface area contributed by atoms with E-state index >= 15 is 0 Å². The summed E-state index contributed by atoms with van der Waals surface area (Å²) in [5.74, 6) is -0.938. The van der Waals surface area contributed by atoms with E-state index in [-0.39, 0.29) is 22.6 Å². The number of hydrogen-bond acceptors (Lipinski definition) is 8. The molecule has 0 fully saturated rings. The molecule has 0 aliphatic carbocycles. The third-order valence-corrected chi connectivity index (χ3v) is 3.71. The lowest BCUT2D eigenvalue weighted by atomic mass is 10.2. The molecule has 1 aromatic carbocycles. The van der Waals surface area contributed by atoms with E-state index in [4.69, 9.17) is 8.83 Å². The van der Waals surface area contributed by atoms with Crippen molar-refractivity contribution < 1.29 is 22.9 Å². The van der Waals surface area contributed by atoms with Crippen LogP contribution in [0, 0.1) is 15.9 Å². The summed E-state index contributed by atoms with van der Waals surface area (Å²) >= 11 is 0.978. The normalized spacial score (nSPS) is 10.6. The van der Waals surface area contributed by atoms with Crippen molar-refractivity contribution in [3.8, 4) is 11.7 Å². The highest BCUT2D eigenvalue weighted by Gasteiger charge is 2.16. The van der Waals surface area contributed by atoms with Crippen LogP contribution in [0.1, 0.15) is 0 Å². The van der Waals surface area contributed by atoms with Gasteiger partial charge in [0.05, 0.1) is 16.9 Å². The van der Waals surface area contributed by atoms with E-state index in [2.05, 4.69) is 15.5 Å². The van der Waals surface area contributed by atoms with Crippen LogP contribution in [-0.4, -0.2) is 26.8 Å². The van der Waals surface area contributed by atoms with E-state index < -0.39 is 22.3 Å². The number of furan rings is 1. The number of nitro groups is 1. The van der Waals surface area contributed by atoms with Gasteiger partial charge in [-0.1, -0.05) is 11.8 Å². The van der Waals surface area contributed by atoms with Gasteiger partial charge in [-0.2, -0.15) is 4.39 Å². The molecule has 11 heteroatoms. The summed E-state index contributed by atoms with van der Waals surface area (Å²) in [5, 5.41) is 20.8. The Morgan fingerprint density at radius 3 is 2.92 bits per heavy atom. The zero-order chi connectivity index (χ0) is 17.8. The second-order valence-corrected chi connectivity index (χ2v) is 5.54.